The first-order valence-electron chi connectivity index (χ1n) is 10.2. The van der Waals surface area contributed by atoms with Crippen molar-refractivity contribution in [1.82, 2.24) is 9.21 Å². The van der Waals surface area contributed by atoms with E-state index in [1.807, 2.05) is 4.90 Å². The molecular weight excluding hydrogens is 446 g/mol. The highest BCUT2D eigenvalue weighted by molar-refractivity contribution is 7.91. The zero-order chi connectivity index (χ0) is 22.2. The number of piperidine rings is 1. The van der Waals surface area contributed by atoms with Gasteiger partial charge in [0, 0.05) is 37.6 Å². The van der Waals surface area contributed by atoms with Crippen LogP contribution in [-0.4, -0.2) is 50.3 Å². The van der Waals surface area contributed by atoms with Gasteiger partial charge in [0.05, 0.1) is 12.7 Å². The molecule has 3 heterocycles. The molecule has 1 saturated heterocycles. The van der Waals surface area contributed by atoms with Crippen molar-refractivity contribution in [2.75, 3.05) is 26.7 Å². The second kappa shape index (κ2) is 8.93. The van der Waals surface area contributed by atoms with Gasteiger partial charge in [-0.1, -0.05) is 12.5 Å². The van der Waals surface area contributed by atoms with Crippen LogP contribution >= 0.6 is 11.3 Å². The van der Waals surface area contributed by atoms with Crippen LogP contribution in [0.4, 0.5) is 8.78 Å². The summed E-state index contributed by atoms with van der Waals surface area (Å²) in [6.07, 6.45) is 3.09. The standard InChI is InChI=1S/C21H24F2N2O4S2/c1-29-20(26)19-15-7-10-24(12-14-5-6-16(22)17(23)11-14)13-18(15)30-21(19)31(27,28)25-8-3-2-4-9-25/h5-6,11H,2-4,7-10,12-13H2,1H3. The lowest BCUT2D eigenvalue weighted by molar-refractivity contribution is 0.0595. The minimum absolute atomic E-state index is 0.0564. The van der Waals surface area contributed by atoms with Crippen LogP contribution < -0.4 is 0 Å². The van der Waals surface area contributed by atoms with Crippen LogP contribution in [0, 0.1) is 11.6 Å². The number of carbonyl (C=O) groups excluding carboxylic acids is 1. The minimum Gasteiger partial charge on any atom is -0.465 e. The topological polar surface area (TPSA) is 66.9 Å². The van der Waals surface area contributed by atoms with E-state index in [1.165, 1.54) is 23.5 Å². The van der Waals surface area contributed by atoms with Crippen LogP contribution in [0.15, 0.2) is 22.4 Å². The molecule has 0 N–H and O–H groups in total. The van der Waals surface area contributed by atoms with Gasteiger partial charge in [0.1, 0.15) is 4.21 Å². The van der Waals surface area contributed by atoms with Crippen molar-refractivity contribution in [2.45, 2.75) is 43.0 Å². The van der Waals surface area contributed by atoms with Crippen molar-refractivity contribution in [2.24, 2.45) is 0 Å². The molecule has 168 valence electrons. The van der Waals surface area contributed by atoms with Gasteiger partial charge >= 0.3 is 5.97 Å². The third-order valence-electron chi connectivity index (χ3n) is 5.77. The van der Waals surface area contributed by atoms with Gasteiger partial charge < -0.3 is 4.74 Å². The Morgan fingerprint density at radius 1 is 1.13 bits per heavy atom. The zero-order valence-corrected chi connectivity index (χ0v) is 18.8. The van der Waals surface area contributed by atoms with Gasteiger partial charge in [-0.15, -0.1) is 11.3 Å². The number of methoxy groups -OCH3 is 1. The lowest BCUT2D eigenvalue weighted by atomic mass is 10.0. The molecular formula is C21H24F2N2O4S2. The molecule has 0 amide bonds. The molecule has 1 fully saturated rings. The Bertz CT molecular complexity index is 1100. The number of rotatable bonds is 5. The highest BCUT2D eigenvalue weighted by Crippen LogP contribution is 2.39. The van der Waals surface area contributed by atoms with Gasteiger partial charge in [0.25, 0.3) is 10.0 Å². The predicted octanol–water partition coefficient (Wildman–Crippen LogP) is 3.55. The van der Waals surface area contributed by atoms with E-state index >= 15 is 0 Å². The summed E-state index contributed by atoms with van der Waals surface area (Å²) in [7, 11) is -2.54. The highest BCUT2D eigenvalue weighted by Gasteiger charge is 2.37. The highest BCUT2D eigenvalue weighted by atomic mass is 32.2. The molecule has 1 aromatic heterocycles. The molecule has 1 aromatic carbocycles. The number of benzene rings is 1. The number of carbonyl (C=O) groups is 1. The molecule has 2 aliphatic heterocycles. The van der Waals surface area contributed by atoms with Crippen LogP contribution in [0.1, 0.15) is 45.6 Å². The second-order valence-corrected chi connectivity index (χ2v) is 11.1. The maximum atomic E-state index is 13.6. The summed E-state index contributed by atoms with van der Waals surface area (Å²) < 4.78 is 59.8. The first-order chi connectivity index (χ1) is 14.8. The van der Waals surface area contributed by atoms with Crippen LogP contribution in [-0.2, 0) is 34.3 Å². The van der Waals surface area contributed by atoms with Gasteiger partial charge in [-0.25, -0.2) is 22.0 Å². The fraction of sp³-hybridized carbons (Fsp3) is 0.476. The molecule has 0 aliphatic carbocycles. The minimum atomic E-state index is -3.79. The maximum absolute atomic E-state index is 13.6. The Hall–Kier alpha value is -1.88. The lowest BCUT2D eigenvalue weighted by Gasteiger charge is -2.27. The molecule has 0 spiro atoms. The van der Waals surface area contributed by atoms with Crippen LogP contribution in [0.5, 0.6) is 0 Å². The number of esters is 1. The number of fused-ring (bicyclic) bond motifs is 1. The summed E-state index contributed by atoms with van der Waals surface area (Å²) in [6.45, 7) is 2.30. The third kappa shape index (κ3) is 4.39. The smallest absolute Gasteiger partial charge is 0.340 e. The third-order valence-corrected chi connectivity index (χ3v) is 9.38. The molecule has 4 rings (SSSR count). The number of hydrogen-bond donors (Lipinski definition) is 0. The zero-order valence-electron chi connectivity index (χ0n) is 17.2. The number of ether oxygens (including phenoxy) is 1. The monoisotopic (exact) mass is 470 g/mol. The Balaban J connectivity index is 1.64. The molecule has 6 nitrogen and oxygen atoms in total. The first-order valence-corrected chi connectivity index (χ1v) is 12.5. The van der Waals surface area contributed by atoms with E-state index in [0.29, 0.717) is 50.3 Å². The lowest BCUT2D eigenvalue weighted by Crippen LogP contribution is -2.36. The number of nitrogens with zero attached hydrogens (tertiary/aromatic N) is 2. The summed E-state index contributed by atoms with van der Waals surface area (Å²) in [5.74, 6) is -2.42. The van der Waals surface area contributed by atoms with Crippen molar-refractivity contribution in [3.63, 3.8) is 0 Å². The molecule has 0 unspecified atom stereocenters. The van der Waals surface area contributed by atoms with Gasteiger partial charge in [-0.05, 0) is 42.5 Å². The molecule has 0 atom stereocenters. The average Bonchev–Trinajstić information content (AvgIpc) is 3.16. The van der Waals surface area contributed by atoms with Gasteiger partial charge in [0.2, 0.25) is 0 Å². The normalized spacial score (nSPS) is 18.0. The number of sulfonamides is 1. The number of halogens is 2. The molecule has 2 aliphatic rings. The maximum Gasteiger partial charge on any atom is 0.340 e. The van der Waals surface area contributed by atoms with E-state index < -0.39 is 27.6 Å². The summed E-state index contributed by atoms with van der Waals surface area (Å²) in [5.41, 5.74) is 1.50. The Labute approximate surface area is 184 Å². The van der Waals surface area contributed by atoms with Crippen molar-refractivity contribution >= 4 is 27.3 Å². The molecule has 0 radical (unpaired) electrons. The SMILES string of the molecule is COC(=O)c1c(S(=O)(=O)N2CCCCC2)sc2c1CCN(Cc1ccc(F)c(F)c1)C2. The molecule has 10 heteroatoms. The van der Waals surface area contributed by atoms with Crippen LogP contribution in [0.3, 0.4) is 0 Å². The summed E-state index contributed by atoms with van der Waals surface area (Å²) in [4.78, 5) is 15.4. The van der Waals surface area contributed by atoms with E-state index in [2.05, 4.69) is 0 Å². The van der Waals surface area contributed by atoms with E-state index in [0.717, 1.165) is 41.5 Å². The van der Waals surface area contributed by atoms with Crippen molar-refractivity contribution < 1.29 is 26.7 Å². The van der Waals surface area contributed by atoms with Crippen molar-refractivity contribution in [3.8, 4) is 0 Å². The summed E-state index contributed by atoms with van der Waals surface area (Å²) >= 11 is 1.12. The molecule has 2 aromatic rings. The molecule has 0 saturated carbocycles. The fourth-order valence-corrected chi connectivity index (χ4v) is 7.76. The Morgan fingerprint density at radius 2 is 1.87 bits per heavy atom. The predicted molar refractivity (Wildman–Crippen MR) is 112 cm³/mol. The second-order valence-electron chi connectivity index (χ2n) is 7.83. The Kier molecular flexibility index (Phi) is 6.43. The van der Waals surface area contributed by atoms with E-state index in [1.54, 1.807) is 0 Å². The Morgan fingerprint density at radius 3 is 2.55 bits per heavy atom. The first kappa shape index (κ1) is 22.3. The number of hydrogen-bond acceptors (Lipinski definition) is 6. The van der Waals surface area contributed by atoms with Gasteiger partial charge in [-0.2, -0.15) is 4.31 Å². The van der Waals surface area contributed by atoms with Crippen LogP contribution in [0.2, 0.25) is 0 Å². The van der Waals surface area contributed by atoms with Crippen LogP contribution in [0.25, 0.3) is 0 Å². The molecule has 31 heavy (non-hydrogen) atoms. The number of thiophene rings is 1. The summed E-state index contributed by atoms with van der Waals surface area (Å²) in [6, 6.07) is 3.81. The fourth-order valence-electron chi connectivity index (χ4n) is 4.18. The largest absolute Gasteiger partial charge is 0.465 e. The quantitative estimate of drug-likeness (QED) is 0.626. The average molecular weight is 471 g/mol. The van der Waals surface area contributed by atoms with E-state index in [-0.39, 0.29) is 9.77 Å². The molecule has 0 bridgehead atoms. The van der Waals surface area contributed by atoms with Crippen molar-refractivity contribution in [3.05, 3.63) is 51.4 Å². The summed E-state index contributed by atoms with van der Waals surface area (Å²) in [5, 5.41) is 0. The van der Waals surface area contributed by atoms with Gasteiger partial charge in [0.15, 0.2) is 11.6 Å². The van der Waals surface area contributed by atoms with E-state index in [4.69, 9.17) is 4.74 Å². The van der Waals surface area contributed by atoms with Gasteiger partial charge in [-0.3, -0.25) is 4.90 Å². The van der Waals surface area contributed by atoms with E-state index in [9.17, 15) is 22.0 Å². The van der Waals surface area contributed by atoms with Crippen molar-refractivity contribution in [1.29, 1.82) is 0 Å².